The van der Waals surface area contributed by atoms with Crippen LogP contribution < -0.4 is 0 Å². The second-order valence-electron chi connectivity index (χ2n) is 4.53. The number of hydrogen-bond acceptors (Lipinski definition) is 4. The first kappa shape index (κ1) is 14.3. The average molecular weight is 357 g/mol. The number of aromatic nitrogens is 3. The second kappa shape index (κ2) is 5.60. The Hall–Kier alpha value is -2.68. The fourth-order valence-electron chi connectivity index (χ4n) is 2.09. The summed E-state index contributed by atoms with van der Waals surface area (Å²) in [7, 11) is 0. The predicted octanol–water partition coefficient (Wildman–Crippen LogP) is 1.87. The third-order valence-electron chi connectivity index (χ3n) is 3.11. The van der Waals surface area contributed by atoms with Crippen molar-refractivity contribution in [2.45, 2.75) is 6.92 Å². The number of aromatic carboxylic acids is 1. The van der Waals surface area contributed by atoms with Crippen LogP contribution in [0.15, 0.2) is 36.7 Å². The fraction of sp³-hybridized carbons (Fsp3) is 0.0667. The number of benzene rings is 1. The van der Waals surface area contributed by atoms with E-state index in [1.54, 1.807) is 42.2 Å². The van der Waals surface area contributed by atoms with Gasteiger partial charge in [0.1, 0.15) is 0 Å². The molecule has 6 nitrogen and oxygen atoms in total. The summed E-state index contributed by atoms with van der Waals surface area (Å²) >= 11 is -0.351. The molecule has 3 aromatic rings. The van der Waals surface area contributed by atoms with Gasteiger partial charge in [-0.25, -0.2) is 0 Å². The molecule has 108 valence electrons. The molecule has 2 aromatic heterocycles. The maximum atomic E-state index is 11.1. The molecule has 0 spiro atoms. The van der Waals surface area contributed by atoms with Gasteiger partial charge in [0.2, 0.25) is 0 Å². The van der Waals surface area contributed by atoms with Gasteiger partial charge in [-0.3, -0.25) is 0 Å². The summed E-state index contributed by atoms with van der Waals surface area (Å²) in [5.74, 6) is -0.926. The molecule has 2 heterocycles. The van der Waals surface area contributed by atoms with Crippen LogP contribution in [-0.4, -0.2) is 40.3 Å². The second-order valence-corrected chi connectivity index (χ2v) is 6.63. The molecule has 0 radical (unpaired) electrons. The van der Waals surface area contributed by atoms with E-state index >= 15 is 0 Å². The van der Waals surface area contributed by atoms with Crippen LogP contribution in [0.5, 0.6) is 0 Å². The molecule has 7 heteroatoms. The number of carboxylic acid groups (broad SMARTS) is 1. The van der Waals surface area contributed by atoms with Crippen molar-refractivity contribution >= 4 is 20.5 Å². The summed E-state index contributed by atoms with van der Waals surface area (Å²) in [5, 5.41) is 22.6. The molecule has 0 amide bonds. The average Bonchev–Trinajstić information content (AvgIpc) is 3.15. The van der Waals surface area contributed by atoms with E-state index in [1.165, 1.54) is 0 Å². The van der Waals surface area contributed by atoms with E-state index in [1.807, 2.05) is 6.07 Å². The summed E-state index contributed by atoms with van der Waals surface area (Å²) < 4.78 is 2.71. The number of aryl methyl sites for hydroxylation is 1. The molecule has 1 aromatic carbocycles. The van der Waals surface area contributed by atoms with Crippen LogP contribution in [0.2, 0.25) is 0 Å². The molecular formula is C15H10N4O2Se. The Morgan fingerprint density at radius 3 is 2.86 bits per heavy atom. The van der Waals surface area contributed by atoms with Gasteiger partial charge in [-0.2, -0.15) is 0 Å². The van der Waals surface area contributed by atoms with Crippen LogP contribution in [0.1, 0.15) is 20.5 Å². The van der Waals surface area contributed by atoms with Crippen molar-refractivity contribution in [2.24, 2.45) is 0 Å². The van der Waals surface area contributed by atoms with Crippen molar-refractivity contribution in [1.82, 2.24) is 14.8 Å². The van der Waals surface area contributed by atoms with Crippen molar-refractivity contribution < 1.29 is 9.90 Å². The Kier molecular flexibility index (Phi) is 3.63. The predicted molar refractivity (Wildman–Crippen MR) is 80.1 cm³/mol. The number of hydrogen-bond donors (Lipinski definition) is 1. The molecule has 0 aliphatic carbocycles. The SMILES string of the molecule is Cc1nc(-c2ccc(-n3cccn3)c(C#N)c2)[se]c1C(=O)O. The van der Waals surface area contributed by atoms with Crippen LogP contribution in [0.25, 0.3) is 15.8 Å². The minimum absolute atomic E-state index is 0.351. The van der Waals surface area contributed by atoms with Gasteiger partial charge < -0.3 is 0 Å². The van der Waals surface area contributed by atoms with Gasteiger partial charge >= 0.3 is 132 Å². The molecule has 0 atom stereocenters. The Labute approximate surface area is 132 Å². The van der Waals surface area contributed by atoms with Gasteiger partial charge in [0, 0.05) is 0 Å². The van der Waals surface area contributed by atoms with E-state index in [9.17, 15) is 10.1 Å². The maximum absolute atomic E-state index is 11.1. The Balaban J connectivity index is 2.08. The quantitative estimate of drug-likeness (QED) is 0.723. The zero-order valence-corrected chi connectivity index (χ0v) is 13.2. The molecule has 0 saturated heterocycles. The van der Waals surface area contributed by atoms with E-state index in [4.69, 9.17) is 5.11 Å². The zero-order valence-electron chi connectivity index (χ0n) is 11.5. The topological polar surface area (TPSA) is 91.8 Å². The third-order valence-corrected chi connectivity index (χ3v) is 5.61. The molecule has 0 fully saturated rings. The van der Waals surface area contributed by atoms with Crippen LogP contribution in [-0.2, 0) is 0 Å². The molecule has 0 aliphatic heterocycles. The Bertz CT molecular complexity index is 891. The first-order chi connectivity index (χ1) is 10.6. The van der Waals surface area contributed by atoms with E-state index in [2.05, 4.69) is 16.2 Å². The first-order valence-electron chi connectivity index (χ1n) is 6.35. The summed E-state index contributed by atoms with van der Waals surface area (Å²) in [4.78, 5) is 15.5. The van der Waals surface area contributed by atoms with E-state index in [0.717, 1.165) is 10.1 Å². The van der Waals surface area contributed by atoms with Gasteiger partial charge in [-0.05, 0) is 0 Å². The van der Waals surface area contributed by atoms with Gasteiger partial charge in [0.25, 0.3) is 0 Å². The molecule has 0 aliphatic rings. The van der Waals surface area contributed by atoms with E-state index < -0.39 is 5.97 Å². The van der Waals surface area contributed by atoms with Crippen LogP contribution in [0.3, 0.4) is 0 Å². The zero-order chi connectivity index (χ0) is 15.7. The van der Waals surface area contributed by atoms with Crippen LogP contribution in [0.4, 0.5) is 0 Å². The Morgan fingerprint density at radius 1 is 1.45 bits per heavy atom. The van der Waals surface area contributed by atoms with Gasteiger partial charge in [0.05, 0.1) is 0 Å². The van der Waals surface area contributed by atoms with E-state index in [0.29, 0.717) is 21.4 Å². The van der Waals surface area contributed by atoms with Gasteiger partial charge in [0.15, 0.2) is 0 Å². The van der Waals surface area contributed by atoms with Gasteiger partial charge in [-0.15, -0.1) is 0 Å². The van der Waals surface area contributed by atoms with Crippen molar-refractivity contribution in [3.63, 3.8) is 0 Å². The Morgan fingerprint density at radius 2 is 2.27 bits per heavy atom. The third kappa shape index (κ3) is 2.46. The first-order valence-corrected chi connectivity index (χ1v) is 8.06. The summed E-state index contributed by atoms with van der Waals surface area (Å²) in [6.07, 6.45) is 3.41. The molecule has 0 saturated carbocycles. The summed E-state index contributed by atoms with van der Waals surface area (Å²) in [6, 6.07) is 9.31. The molecule has 22 heavy (non-hydrogen) atoms. The number of rotatable bonds is 3. The number of nitrogens with zero attached hydrogens (tertiary/aromatic N) is 4. The monoisotopic (exact) mass is 358 g/mol. The molecule has 0 bridgehead atoms. The standard InChI is InChI=1S/C15H10N4O2Se/c1-9-13(15(20)21)22-14(18-9)10-3-4-12(11(7-10)8-16)19-6-2-5-17-19/h2-7H,1H3,(H,20,21). The van der Waals surface area contributed by atoms with Crippen molar-refractivity contribution in [3.05, 3.63) is 52.4 Å². The molecular weight excluding hydrogens is 347 g/mol. The van der Waals surface area contributed by atoms with Crippen molar-refractivity contribution in [3.8, 4) is 21.9 Å². The minimum atomic E-state index is -0.926. The number of carboxylic acids is 1. The van der Waals surface area contributed by atoms with Crippen LogP contribution in [0, 0.1) is 18.3 Å². The summed E-state index contributed by atoms with van der Waals surface area (Å²) in [5.41, 5.74) is 2.48. The summed E-state index contributed by atoms with van der Waals surface area (Å²) in [6.45, 7) is 1.70. The van der Waals surface area contributed by atoms with E-state index in [-0.39, 0.29) is 14.5 Å². The molecule has 0 unspecified atom stereocenters. The van der Waals surface area contributed by atoms with Crippen molar-refractivity contribution in [2.75, 3.05) is 0 Å². The fourth-order valence-corrected chi connectivity index (χ4v) is 3.98. The van der Waals surface area contributed by atoms with Gasteiger partial charge in [-0.1, -0.05) is 0 Å². The molecule has 1 N–H and O–H groups in total. The van der Waals surface area contributed by atoms with Crippen LogP contribution >= 0.6 is 0 Å². The molecule has 3 rings (SSSR count). The van der Waals surface area contributed by atoms with Crippen molar-refractivity contribution in [1.29, 1.82) is 5.26 Å². The normalized spacial score (nSPS) is 10.4. The number of nitriles is 1. The number of carbonyl (C=O) groups is 1.